The fourth-order valence-electron chi connectivity index (χ4n) is 1.32. The van der Waals surface area contributed by atoms with Crippen LogP contribution in [0.4, 0.5) is 0 Å². The van der Waals surface area contributed by atoms with Crippen molar-refractivity contribution in [1.29, 1.82) is 0 Å². The SMILES string of the molecule is O=C(OC1CCOC1)c1cc(Cl)nnc1Cl. The van der Waals surface area contributed by atoms with Crippen molar-refractivity contribution >= 4 is 29.2 Å². The van der Waals surface area contributed by atoms with E-state index < -0.39 is 5.97 Å². The molecular weight excluding hydrogens is 255 g/mol. The Morgan fingerprint density at radius 3 is 3.00 bits per heavy atom. The monoisotopic (exact) mass is 262 g/mol. The molecule has 1 aliphatic heterocycles. The Morgan fingerprint density at radius 1 is 1.50 bits per heavy atom. The van der Waals surface area contributed by atoms with Crippen LogP contribution in [0.15, 0.2) is 6.07 Å². The number of hydrogen-bond donors (Lipinski definition) is 0. The quantitative estimate of drug-likeness (QED) is 0.760. The lowest BCUT2D eigenvalue weighted by atomic mass is 10.3. The molecule has 0 spiro atoms. The van der Waals surface area contributed by atoms with Gasteiger partial charge in [-0.1, -0.05) is 23.2 Å². The Hall–Kier alpha value is -0.910. The van der Waals surface area contributed by atoms with E-state index in [2.05, 4.69) is 10.2 Å². The Kier molecular flexibility index (Phi) is 3.58. The molecule has 1 aromatic heterocycles. The van der Waals surface area contributed by atoms with Crippen molar-refractivity contribution in [2.24, 2.45) is 0 Å². The molecule has 1 aromatic rings. The van der Waals surface area contributed by atoms with Gasteiger partial charge in [-0.15, -0.1) is 10.2 Å². The lowest BCUT2D eigenvalue weighted by Crippen LogP contribution is -2.18. The molecule has 86 valence electrons. The van der Waals surface area contributed by atoms with Crippen molar-refractivity contribution in [1.82, 2.24) is 10.2 Å². The maximum atomic E-state index is 11.7. The Labute approximate surface area is 102 Å². The van der Waals surface area contributed by atoms with Gasteiger partial charge < -0.3 is 9.47 Å². The second-order valence-corrected chi connectivity index (χ2v) is 4.01. The van der Waals surface area contributed by atoms with Gasteiger partial charge in [0.2, 0.25) is 0 Å². The van der Waals surface area contributed by atoms with Gasteiger partial charge >= 0.3 is 5.97 Å². The normalized spacial score (nSPS) is 19.8. The van der Waals surface area contributed by atoms with Gasteiger partial charge in [-0.05, 0) is 6.07 Å². The van der Waals surface area contributed by atoms with Crippen LogP contribution in [0.1, 0.15) is 16.8 Å². The number of rotatable bonds is 2. The van der Waals surface area contributed by atoms with Crippen molar-refractivity contribution in [3.05, 3.63) is 21.9 Å². The predicted molar refractivity (Wildman–Crippen MR) is 56.7 cm³/mol. The van der Waals surface area contributed by atoms with Gasteiger partial charge in [0.15, 0.2) is 10.3 Å². The van der Waals surface area contributed by atoms with E-state index in [1.165, 1.54) is 6.07 Å². The molecule has 0 aromatic carbocycles. The smallest absolute Gasteiger partial charge is 0.341 e. The first kappa shape index (κ1) is 11.6. The summed E-state index contributed by atoms with van der Waals surface area (Å²) in [6.45, 7) is 1.01. The van der Waals surface area contributed by atoms with E-state index in [1.807, 2.05) is 0 Å². The van der Waals surface area contributed by atoms with Crippen molar-refractivity contribution in [3.63, 3.8) is 0 Å². The Morgan fingerprint density at radius 2 is 2.31 bits per heavy atom. The average Bonchev–Trinajstić information content (AvgIpc) is 2.74. The van der Waals surface area contributed by atoms with E-state index in [1.54, 1.807) is 0 Å². The molecule has 1 unspecified atom stereocenters. The first-order chi connectivity index (χ1) is 7.66. The highest BCUT2D eigenvalue weighted by Gasteiger charge is 2.23. The molecule has 0 N–H and O–H groups in total. The van der Waals surface area contributed by atoms with E-state index in [0.29, 0.717) is 19.6 Å². The summed E-state index contributed by atoms with van der Waals surface area (Å²) in [5.41, 5.74) is 0.119. The maximum absolute atomic E-state index is 11.7. The largest absolute Gasteiger partial charge is 0.456 e. The summed E-state index contributed by atoms with van der Waals surface area (Å²) < 4.78 is 10.2. The molecule has 0 amide bonds. The molecule has 7 heteroatoms. The zero-order valence-electron chi connectivity index (χ0n) is 8.15. The molecule has 0 saturated carbocycles. The minimum absolute atomic E-state index is 0.0201. The molecule has 16 heavy (non-hydrogen) atoms. The van der Waals surface area contributed by atoms with Crippen LogP contribution in [-0.2, 0) is 9.47 Å². The number of halogens is 2. The van der Waals surface area contributed by atoms with Crippen LogP contribution in [0, 0.1) is 0 Å². The van der Waals surface area contributed by atoms with E-state index in [-0.39, 0.29) is 22.0 Å². The van der Waals surface area contributed by atoms with Crippen molar-refractivity contribution in [2.75, 3.05) is 13.2 Å². The summed E-state index contributed by atoms with van der Waals surface area (Å²) in [7, 11) is 0. The maximum Gasteiger partial charge on any atom is 0.341 e. The highest BCUT2D eigenvalue weighted by Crippen LogP contribution is 2.18. The summed E-state index contributed by atoms with van der Waals surface area (Å²) in [6, 6.07) is 1.33. The summed E-state index contributed by atoms with van der Waals surface area (Å²) in [5.74, 6) is -0.558. The molecule has 1 atom stereocenters. The van der Waals surface area contributed by atoms with Gasteiger partial charge in [0, 0.05) is 6.42 Å². The molecule has 5 nitrogen and oxygen atoms in total. The lowest BCUT2D eigenvalue weighted by Gasteiger charge is -2.10. The number of hydrogen-bond acceptors (Lipinski definition) is 5. The number of esters is 1. The Balaban J connectivity index is 2.10. The van der Waals surface area contributed by atoms with E-state index in [0.717, 1.165) is 0 Å². The van der Waals surface area contributed by atoms with Gasteiger partial charge in [0.25, 0.3) is 0 Å². The highest BCUT2D eigenvalue weighted by molar-refractivity contribution is 6.33. The van der Waals surface area contributed by atoms with Gasteiger partial charge in [0.1, 0.15) is 11.7 Å². The lowest BCUT2D eigenvalue weighted by molar-refractivity contribution is 0.0270. The minimum Gasteiger partial charge on any atom is -0.456 e. The third-order valence-corrected chi connectivity index (χ3v) is 2.56. The minimum atomic E-state index is -0.558. The zero-order valence-corrected chi connectivity index (χ0v) is 9.66. The van der Waals surface area contributed by atoms with Crippen LogP contribution >= 0.6 is 23.2 Å². The van der Waals surface area contributed by atoms with E-state index >= 15 is 0 Å². The third kappa shape index (κ3) is 2.61. The molecule has 2 heterocycles. The number of ether oxygens (including phenoxy) is 2. The van der Waals surface area contributed by atoms with Crippen LogP contribution < -0.4 is 0 Å². The third-order valence-electron chi connectivity index (χ3n) is 2.10. The van der Waals surface area contributed by atoms with Crippen molar-refractivity contribution < 1.29 is 14.3 Å². The van der Waals surface area contributed by atoms with Crippen LogP contribution in [0.2, 0.25) is 10.3 Å². The Bertz CT molecular complexity index is 408. The first-order valence-electron chi connectivity index (χ1n) is 4.64. The molecule has 0 radical (unpaired) electrons. The molecule has 1 aliphatic rings. The topological polar surface area (TPSA) is 61.3 Å². The average molecular weight is 263 g/mol. The van der Waals surface area contributed by atoms with Crippen LogP contribution in [-0.4, -0.2) is 35.5 Å². The number of carbonyl (C=O) groups excluding carboxylic acids is 1. The van der Waals surface area contributed by atoms with Gasteiger partial charge in [-0.2, -0.15) is 0 Å². The number of nitrogens with zero attached hydrogens (tertiary/aromatic N) is 2. The second kappa shape index (κ2) is 4.95. The second-order valence-electron chi connectivity index (χ2n) is 3.26. The van der Waals surface area contributed by atoms with E-state index in [9.17, 15) is 4.79 Å². The first-order valence-corrected chi connectivity index (χ1v) is 5.40. The summed E-state index contributed by atoms with van der Waals surface area (Å²) in [5, 5.41) is 7.11. The van der Waals surface area contributed by atoms with Crippen LogP contribution in [0.25, 0.3) is 0 Å². The van der Waals surface area contributed by atoms with Crippen molar-refractivity contribution in [3.8, 4) is 0 Å². The van der Waals surface area contributed by atoms with E-state index in [4.69, 9.17) is 32.7 Å². The number of aromatic nitrogens is 2. The van der Waals surface area contributed by atoms with Crippen LogP contribution in [0.5, 0.6) is 0 Å². The predicted octanol–water partition coefficient (Wildman–Crippen LogP) is 1.73. The molecule has 2 rings (SSSR count). The summed E-state index contributed by atoms with van der Waals surface area (Å²) in [6.07, 6.45) is 0.464. The van der Waals surface area contributed by atoms with Crippen LogP contribution in [0.3, 0.4) is 0 Å². The molecular formula is C9H8Cl2N2O3. The fraction of sp³-hybridized carbons (Fsp3) is 0.444. The molecule has 1 saturated heterocycles. The number of carbonyl (C=O) groups is 1. The summed E-state index contributed by atoms with van der Waals surface area (Å²) in [4.78, 5) is 11.7. The molecule has 0 aliphatic carbocycles. The van der Waals surface area contributed by atoms with Crippen molar-refractivity contribution in [2.45, 2.75) is 12.5 Å². The van der Waals surface area contributed by atoms with Gasteiger partial charge in [-0.25, -0.2) is 4.79 Å². The van der Waals surface area contributed by atoms with Gasteiger partial charge in [0.05, 0.1) is 13.2 Å². The summed E-state index contributed by atoms with van der Waals surface area (Å²) >= 11 is 11.3. The highest BCUT2D eigenvalue weighted by atomic mass is 35.5. The molecule has 0 bridgehead atoms. The fourth-order valence-corrected chi connectivity index (χ4v) is 1.63. The molecule has 1 fully saturated rings. The zero-order chi connectivity index (χ0) is 11.5. The standard InChI is InChI=1S/C9H8Cl2N2O3/c10-7-3-6(8(11)13-12-7)9(14)16-5-1-2-15-4-5/h3,5H,1-2,4H2. The van der Waals surface area contributed by atoms with Gasteiger partial charge in [-0.3, -0.25) is 0 Å².